The maximum atomic E-state index is 12.2. The lowest BCUT2D eigenvalue weighted by molar-refractivity contribution is -0.393. The van der Waals surface area contributed by atoms with Gasteiger partial charge in [0.25, 0.3) is 5.69 Å². The summed E-state index contributed by atoms with van der Waals surface area (Å²) in [5, 5.41) is 25.8. The van der Waals surface area contributed by atoms with Crippen molar-refractivity contribution in [3.63, 3.8) is 0 Å². The molecule has 3 rings (SSSR count). The fraction of sp³-hybridized carbons (Fsp3) is 0.0476. The number of anilines is 1. The fourth-order valence-electron chi connectivity index (χ4n) is 2.57. The number of hydrogen-bond acceptors (Lipinski definition) is 9. The molecule has 0 unspecified atom stereocenters. The first-order valence-electron chi connectivity index (χ1n) is 9.05. The van der Waals surface area contributed by atoms with Crippen LogP contribution in [-0.2, 0) is 0 Å². The fourth-order valence-corrected chi connectivity index (χ4v) is 2.57. The SMILES string of the molecule is COc1ccc(C(=O)Oc2ccc(/C=N\Nc3ccc([N+](=O)[O-])cc3[N+](=O)[O-])cc2)cc1. The van der Waals surface area contributed by atoms with Crippen molar-refractivity contribution in [1.29, 1.82) is 0 Å². The first kappa shape index (κ1) is 21.9. The molecule has 1 N–H and O–H groups in total. The zero-order valence-electron chi connectivity index (χ0n) is 16.6. The number of carbonyl (C=O) groups excluding carboxylic acids is 1. The minimum atomic E-state index is -0.739. The zero-order valence-corrected chi connectivity index (χ0v) is 16.6. The van der Waals surface area contributed by atoms with Crippen LogP contribution in [0.2, 0.25) is 0 Å². The summed E-state index contributed by atoms with van der Waals surface area (Å²) >= 11 is 0. The van der Waals surface area contributed by atoms with Crippen LogP contribution in [0, 0.1) is 20.2 Å². The molecule has 0 radical (unpaired) electrons. The van der Waals surface area contributed by atoms with E-state index >= 15 is 0 Å². The van der Waals surface area contributed by atoms with E-state index in [9.17, 15) is 25.0 Å². The van der Waals surface area contributed by atoms with E-state index in [0.29, 0.717) is 22.6 Å². The monoisotopic (exact) mass is 436 g/mol. The van der Waals surface area contributed by atoms with Crippen molar-refractivity contribution in [2.24, 2.45) is 5.10 Å². The van der Waals surface area contributed by atoms with Crippen LogP contribution < -0.4 is 14.9 Å². The standard InChI is InChI=1S/C21H16N4O7/c1-31-17-9-4-15(5-10-17)21(26)32-18-7-2-14(3-8-18)13-22-23-19-11-6-16(24(27)28)12-20(19)25(29)30/h2-13,23H,1H3/b22-13-. The molecule has 0 amide bonds. The summed E-state index contributed by atoms with van der Waals surface area (Å²) in [7, 11) is 1.53. The summed E-state index contributed by atoms with van der Waals surface area (Å²) in [5.41, 5.74) is 2.61. The van der Waals surface area contributed by atoms with Gasteiger partial charge >= 0.3 is 11.7 Å². The van der Waals surface area contributed by atoms with Gasteiger partial charge in [-0.1, -0.05) is 0 Å². The molecule has 0 fully saturated rings. The number of non-ortho nitro benzene ring substituents is 1. The molecule has 32 heavy (non-hydrogen) atoms. The molecule has 0 saturated heterocycles. The number of benzene rings is 3. The highest BCUT2D eigenvalue weighted by Gasteiger charge is 2.19. The molecule has 0 aromatic heterocycles. The van der Waals surface area contributed by atoms with Crippen LogP contribution in [0.1, 0.15) is 15.9 Å². The number of ether oxygens (including phenoxy) is 2. The molecule has 0 aliphatic rings. The highest BCUT2D eigenvalue weighted by atomic mass is 16.6. The van der Waals surface area contributed by atoms with E-state index < -0.39 is 27.2 Å². The Morgan fingerprint density at radius 3 is 2.19 bits per heavy atom. The molecule has 11 nitrogen and oxygen atoms in total. The summed E-state index contributed by atoms with van der Waals surface area (Å²) in [6.45, 7) is 0. The summed E-state index contributed by atoms with van der Waals surface area (Å²) < 4.78 is 10.3. The van der Waals surface area contributed by atoms with Gasteiger partial charge in [-0.3, -0.25) is 25.7 Å². The highest BCUT2D eigenvalue weighted by Crippen LogP contribution is 2.28. The van der Waals surface area contributed by atoms with Crippen LogP contribution in [0.15, 0.2) is 71.8 Å². The Kier molecular flexibility index (Phi) is 6.71. The lowest BCUT2D eigenvalue weighted by Crippen LogP contribution is -2.08. The molecule has 0 saturated carbocycles. The van der Waals surface area contributed by atoms with Crippen LogP contribution in [0.4, 0.5) is 17.1 Å². The maximum absolute atomic E-state index is 12.2. The van der Waals surface area contributed by atoms with Crippen LogP contribution in [0.3, 0.4) is 0 Å². The Labute approximate surface area is 181 Å². The third-order valence-corrected chi connectivity index (χ3v) is 4.20. The summed E-state index contributed by atoms with van der Waals surface area (Å²) in [5.74, 6) is 0.418. The first-order chi connectivity index (χ1) is 15.4. The largest absolute Gasteiger partial charge is 0.497 e. The zero-order chi connectivity index (χ0) is 23.1. The molecule has 0 aliphatic heterocycles. The number of nitro benzene ring substituents is 2. The maximum Gasteiger partial charge on any atom is 0.343 e. The number of nitro groups is 2. The number of nitrogens with one attached hydrogen (secondary N) is 1. The van der Waals surface area contributed by atoms with E-state index in [2.05, 4.69) is 10.5 Å². The van der Waals surface area contributed by atoms with E-state index in [1.807, 2.05) is 0 Å². The molecule has 0 heterocycles. The number of hydrazone groups is 1. The summed E-state index contributed by atoms with van der Waals surface area (Å²) in [6.07, 6.45) is 1.39. The van der Waals surface area contributed by atoms with Gasteiger partial charge in [0.15, 0.2) is 0 Å². The smallest absolute Gasteiger partial charge is 0.343 e. The molecular formula is C21H16N4O7. The molecule has 0 atom stereocenters. The summed E-state index contributed by atoms with van der Waals surface area (Å²) in [6, 6.07) is 16.1. The van der Waals surface area contributed by atoms with Gasteiger partial charge < -0.3 is 9.47 Å². The number of carbonyl (C=O) groups is 1. The first-order valence-corrected chi connectivity index (χ1v) is 9.05. The second-order valence-corrected chi connectivity index (χ2v) is 6.27. The number of esters is 1. The second-order valence-electron chi connectivity index (χ2n) is 6.27. The normalized spacial score (nSPS) is 10.5. The van der Waals surface area contributed by atoms with Crippen LogP contribution >= 0.6 is 0 Å². The van der Waals surface area contributed by atoms with Gasteiger partial charge in [0.05, 0.1) is 34.8 Å². The van der Waals surface area contributed by atoms with Gasteiger partial charge in [0.2, 0.25) is 0 Å². The molecule has 0 spiro atoms. The van der Waals surface area contributed by atoms with Gasteiger partial charge in [-0.05, 0) is 60.2 Å². The average Bonchev–Trinajstić information content (AvgIpc) is 2.80. The Balaban J connectivity index is 1.63. The molecular weight excluding hydrogens is 420 g/mol. The van der Waals surface area contributed by atoms with Gasteiger partial charge in [-0.25, -0.2) is 4.79 Å². The number of methoxy groups -OCH3 is 1. The Morgan fingerprint density at radius 1 is 0.938 bits per heavy atom. The van der Waals surface area contributed by atoms with Crippen LogP contribution in [-0.4, -0.2) is 29.1 Å². The predicted octanol–water partition coefficient (Wildman–Crippen LogP) is 4.18. The van der Waals surface area contributed by atoms with E-state index in [0.717, 1.165) is 12.1 Å². The molecule has 3 aromatic carbocycles. The van der Waals surface area contributed by atoms with Crippen LogP contribution in [0.25, 0.3) is 0 Å². The van der Waals surface area contributed by atoms with Crippen molar-refractivity contribution in [3.05, 3.63) is 98.1 Å². The topological polar surface area (TPSA) is 146 Å². The molecule has 0 bridgehead atoms. The molecule has 0 aliphatic carbocycles. The van der Waals surface area contributed by atoms with Crippen LogP contribution in [0.5, 0.6) is 11.5 Å². The predicted molar refractivity (Wildman–Crippen MR) is 115 cm³/mol. The van der Waals surface area contributed by atoms with E-state index in [1.54, 1.807) is 48.5 Å². The van der Waals surface area contributed by atoms with Gasteiger partial charge in [-0.2, -0.15) is 5.10 Å². The highest BCUT2D eigenvalue weighted by molar-refractivity contribution is 5.91. The third kappa shape index (κ3) is 5.42. The lowest BCUT2D eigenvalue weighted by atomic mass is 10.2. The number of hydrogen-bond donors (Lipinski definition) is 1. The van der Waals surface area contributed by atoms with Crippen molar-refractivity contribution in [3.8, 4) is 11.5 Å². The van der Waals surface area contributed by atoms with E-state index in [-0.39, 0.29) is 5.69 Å². The quantitative estimate of drug-likeness (QED) is 0.182. The molecule has 162 valence electrons. The Morgan fingerprint density at radius 2 is 1.59 bits per heavy atom. The Bertz CT molecular complexity index is 1180. The average molecular weight is 436 g/mol. The summed E-state index contributed by atoms with van der Waals surface area (Å²) in [4.78, 5) is 32.6. The second kappa shape index (κ2) is 9.80. The van der Waals surface area contributed by atoms with Gasteiger partial charge in [0.1, 0.15) is 17.2 Å². The van der Waals surface area contributed by atoms with Crippen molar-refractivity contribution >= 4 is 29.2 Å². The molecule has 3 aromatic rings. The van der Waals surface area contributed by atoms with Crippen molar-refractivity contribution < 1.29 is 24.1 Å². The lowest BCUT2D eigenvalue weighted by Gasteiger charge is -2.05. The number of rotatable bonds is 8. The Hall–Kier alpha value is -4.80. The van der Waals surface area contributed by atoms with Crippen molar-refractivity contribution in [2.45, 2.75) is 0 Å². The van der Waals surface area contributed by atoms with Gasteiger partial charge in [0, 0.05) is 6.07 Å². The van der Waals surface area contributed by atoms with Gasteiger partial charge in [-0.15, -0.1) is 0 Å². The van der Waals surface area contributed by atoms with E-state index in [4.69, 9.17) is 9.47 Å². The minimum absolute atomic E-state index is 0.00175. The third-order valence-electron chi connectivity index (χ3n) is 4.20. The van der Waals surface area contributed by atoms with E-state index in [1.165, 1.54) is 19.4 Å². The van der Waals surface area contributed by atoms with Crippen molar-refractivity contribution in [2.75, 3.05) is 12.5 Å². The number of nitrogens with zero attached hydrogens (tertiary/aromatic N) is 3. The molecule has 11 heteroatoms. The minimum Gasteiger partial charge on any atom is -0.497 e. The van der Waals surface area contributed by atoms with Crippen molar-refractivity contribution in [1.82, 2.24) is 0 Å².